The molecule has 0 radical (unpaired) electrons. The quantitative estimate of drug-likeness (QED) is 0.807. The monoisotopic (exact) mass is 232 g/mol. The lowest BCUT2D eigenvalue weighted by molar-refractivity contribution is 0.878. The molecular weight excluding hydrogens is 224 g/mol. The highest BCUT2D eigenvalue weighted by atomic mass is 35.5. The van der Waals surface area contributed by atoms with Crippen molar-refractivity contribution in [1.29, 1.82) is 5.26 Å². The van der Waals surface area contributed by atoms with Crippen LogP contribution in [0.15, 0.2) is 30.6 Å². The summed E-state index contributed by atoms with van der Waals surface area (Å²) in [4.78, 5) is 0. The minimum absolute atomic E-state index is 0.286. The molecule has 1 aromatic carbocycles. The summed E-state index contributed by atoms with van der Waals surface area (Å²) in [7, 11) is 0. The molecule has 2 N–H and O–H groups in total. The summed E-state index contributed by atoms with van der Waals surface area (Å²) in [6.45, 7) is 0. The topological polar surface area (TPSA) is 67.6 Å². The Balaban J connectivity index is 2.43. The molecule has 0 fully saturated rings. The van der Waals surface area contributed by atoms with E-state index in [1.165, 1.54) is 0 Å². The normalized spacial score (nSPS) is 10.0. The largest absolute Gasteiger partial charge is 0.398 e. The second-order valence-electron chi connectivity index (χ2n) is 3.32. The molecule has 0 amide bonds. The van der Waals surface area contributed by atoms with Gasteiger partial charge in [0.2, 0.25) is 0 Å². The lowest BCUT2D eigenvalue weighted by Gasteiger charge is -2.05. The summed E-state index contributed by atoms with van der Waals surface area (Å²) in [5.41, 5.74) is 8.00. The number of hydrogen-bond donors (Lipinski definition) is 1. The molecule has 1 heterocycles. The number of aromatic nitrogens is 2. The van der Waals surface area contributed by atoms with Gasteiger partial charge in [0, 0.05) is 11.9 Å². The van der Waals surface area contributed by atoms with E-state index in [4.69, 9.17) is 22.6 Å². The number of nitrogens with two attached hydrogens (primary N) is 1. The fourth-order valence-electron chi connectivity index (χ4n) is 1.41. The molecule has 5 heteroatoms. The van der Waals surface area contributed by atoms with Crippen LogP contribution in [0.25, 0.3) is 5.69 Å². The third-order valence-corrected chi connectivity index (χ3v) is 2.41. The lowest BCUT2D eigenvalue weighted by Crippen LogP contribution is -1.99. The molecule has 2 rings (SSSR count). The second kappa shape index (κ2) is 4.25. The van der Waals surface area contributed by atoms with Gasteiger partial charge in [-0.25, -0.2) is 4.68 Å². The van der Waals surface area contributed by atoms with Gasteiger partial charge >= 0.3 is 0 Å². The minimum Gasteiger partial charge on any atom is -0.398 e. The standard InChI is InChI=1S/C11H9ClN4/c12-9-6-15-16(7-9)10-1-2-11(14)8(5-10)3-4-13/h1-2,5-7H,3,14H2. The lowest BCUT2D eigenvalue weighted by atomic mass is 10.1. The van der Waals surface area contributed by atoms with E-state index in [1.807, 2.05) is 12.1 Å². The van der Waals surface area contributed by atoms with Crippen LogP contribution >= 0.6 is 11.6 Å². The zero-order valence-corrected chi connectivity index (χ0v) is 9.15. The Morgan fingerprint density at radius 1 is 1.50 bits per heavy atom. The van der Waals surface area contributed by atoms with Crippen LogP contribution < -0.4 is 5.73 Å². The minimum atomic E-state index is 0.286. The predicted molar refractivity (Wildman–Crippen MR) is 62.3 cm³/mol. The summed E-state index contributed by atoms with van der Waals surface area (Å²) >= 11 is 5.78. The van der Waals surface area contributed by atoms with Gasteiger partial charge < -0.3 is 5.73 Å². The predicted octanol–water partition coefficient (Wildman–Crippen LogP) is 2.17. The van der Waals surface area contributed by atoms with Crippen LogP contribution in [0.2, 0.25) is 5.02 Å². The van der Waals surface area contributed by atoms with Gasteiger partial charge in [0.1, 0.15) is 0 Å². The van der Waals surface area contributed by atoms with Crippen LogP contribution in [0.3, 0.4) is 0 Å². The van der Waals surface area contributed by atoms with Crippen LogP contribution in [0.4, 0.5) is 5.69 Å². The van der Waals surface area contributed by atoms with E-state index in [-0.39, 0.29) is 6.42 Å². The van der Waals surface area contributed by atoms with Gasteiger partial charge in [0.15, 0.2) is 0 Å². The SMILES string of the molecule is N#CCc1cc(-n2cc(Cl)cn2)ccc1N. The van der Waals surface area contributed by atoms with Crippen molar-refractivity contribution in [2.24, 2.45) is 0 Å². The molecule has 0 aliphatic heterocycles. The number of nitrogen functional groups attached to an aromatic ring is 1. The van der Waals surface area contributed by atoms with E-state index in [2.05, 4.69) is 11.2 Å². The van der Waals surface area contributed by atoms with E-state index >= 15 is 0 Å². The van der Waals surface area contributed by atoms with Crippen LogP contribution in [0.1, 0.15) is 5.56 Å². The number of rotatable bonds is 2. The summed E-state index contributed by atoms with van der Waals surface area (Å²) in [5.74, 6) is 0. The number of benzene rings is 1. The van der Waals surface area contributed by atoms with Crippen molar-refractivity contribution in [1.82, 2.24) is 9.78 Å². The third kappa shape index (κ3) is 2.00. The first-order valence-electron chi connectivity index (χ1n) is 4.66. The number of halogens is 1. The Hall–Kier alpha value is -1.99. The maximum absolute atomic E-state index is 8.66. The van der Waals surface area contributed by atoms with Crippen molar-refractivity contribution in [3.8, 4) is 11.8 Å². The van der Waals surface area contributed by atoms with Crippen molar-refractivity contribution in [2.75, 3.05) is 5.73 Å². The molecule has 2 aromatic rings. The molecule has 4 nitrogen and oxygen atoms in total. The molecular formula is C11H9ClN4. The summed E-state index contributed by atoms with van der Waals surface area (Å²) in [5, 5.41) is 13.3. The fourth-order valence-corrected chi connectivity index (χ4v) is 1.55. The van der Waals surface area contributed by atoms with Crippen molar-refractivity contribution in [2.45, 2.75) is 6.42 Å². The number of nitrogens with zero attached hydrogens (tertiary/aromatic N) is 3. The smallest absolute Gasteiger partial charge is 0.0790 e. The first-order chi connectivity index (χ1) is 7.70. The van der Waals surface area contributed by atoms with E-state index in [0.717, 1.165) is 11.3 Å². The summed E-state index contributed by atoms with van der Waals surface area (Å²) < 4.78 is 1.64. The average molecular weight is 233 g/mol. The molecule has 0 aliphatic carbocycles. The van der Waals surface area contributed by atoms with E-state index in [0.29, 0.717) is 10.7 Å². The third-order valence-electron chi connectivity index (χ3n) is 2.21. The van der Waals surface area contributed by atoms with Gasteiger partial charge in [-0.2, -0.15) is 10.4 Å². The highest BCUT2D eigenvalue weighted by molar-refractivity contribution is 6.30. The molecule has 16 heavy (non-hydrogen) atoms. The molecule has 0 bridgehead atoms. The molecule has 0 spiro atoms. The molecule has 80 valence electrons. The van der Waals surface area contributed by atoms with E-state index in [1.54, 1.807) is 23.1 Å². The summed E-state index contributed by atoms with van der Waals surface area (Å²) in [6.07, 6.45) is 3.54. The Morgan fingerprint density at radius 2 is 2.31 bits per heavy atom. The zero-order chi connectivity index (χ0) is 11.5. The van der Waals surface area contributed by atoms with Gasteiger partial charge in [-0.3, -0.25) is 0 Å². The molecule has 0 saturated heterocycles. The van der Waals surface area contributed by atoms with E-state index in [9.17, 15) is 0 Å². The zero-order valence-electron chi connectivity index (χ0n) is 8.39. The van der Waals surface area contributed by atoms with Crippen LogP contribution in [-0.4, -0.2) is 9.78 Å². The molecule has 1 aromatic heterocycles. The van der Waals surface area contributed by atoms with Crippen molar-refractivity contribution < 1.29 is 0 Å². The number of nitriles is 1. The Labute approximate surface area is 97.9 Å². The fraction of sp³-hybridized carbons (Fsp3) is 0.0909. The Morgan fingerprint density at radius 3 is 2.94 bits per heavy atom. The van der Waals surface area contributed by atoms with Crippen LogP contribution in [0, 0.1) is 11.3 Å². The van der Waals surface area contributed by atoms with Crippen molar-refractivity contribution in [3.63, 3.8) is 0 Å². The Bertz CT molecular complexity index is 553. The molecule has 0 aliphatic rings. The van der Waals surface area contributed by atoms with Gasteiger partial charge in [-0.15, -0.1) is 0 Å². The van der Waals surface area contributed by atoms with Crippen LogP contribution in [0.5, 0.6) is 0 Å². The van der Waals surface area contributed by atoms with Crippen molar-refractivity contribution >= 4 is 17.3 Å². The van der Waals surface area contributed by atoms with Crippen molar-refractivity contribution in [3.05, 3.63) is 41.2 Å². The number of anilines is 1. The molecule has 0 atom stereocenters. The molecule has 0 unspecified atom stereocenters. The van der Waals surface area contributed by atoms with Gasteiger partial charge in [-0.05, 0) is 23.8 Å². The summed E-state index contributed by atoms with van der Waals surface area (Å²) in [6, 6.07) is 7.50. The van der Waals surface area contributed by atoms with Gasteiger partial charge in [0.05, 0.1) is 29.4 Å². The second-order valence-corrected chi connectivity index (χ2v) is 3.76. The Kier molecular flexibility index (Phi) is 2.80. The molecule has 0 saturated carbocycles. The van der Waals surface area contributed by atoms with Gasteiger partial charge in [-0.1, -0.05) is 11.6 Å². The first-order valence-corrected chi connectivity index (χ1v) is 5.04. The van der Waals surface area contributed by atoms with Crippen LogP contribution in [-0.2, 0) is 6.42 Å². The number of hydrogen-bond acceptors (Lipinski definition) is 3. The van der Waals surface area contributed by atoms with Gasteiger partial charge in [0.25, 0.3) is 0 Å². The maximum atomic E-state index is 8.66. The highest BCUT2D eigenvalue weighted by Gasteiger charge is 2.03. The first kappa shape index (κ1) is 10.5. The average Bonchev–Trinajstić information content (AvgIpc) is 2.69. The van der Waals surface area contributed by atoms with E-state index < -0.39 is 0 Å². The maximum Gasteiger partial charge on any atom is 0.0790 e. The highest BCUT2D eigenvalue weighted by Crippen LogP contribution is 2.18.